The fourth-order valence-corrected chi connectivity index (χ4v) is 2.94. The van der Waals surface area contributed by atoms with E-state index in [0.29, 0.717) is 12.4 Å². The highest BCUT2D eigenvalue weighted by atomic mass is 16.5. The molecule has 26 heavy (non-hydrogen) atoms. The average Bonchev–Trinajstić information content (AvgIpc) is 2.99. The molecule has 0 bridgehead atoms. The lowest BCUT2D eigenvalue weighted by Gasteiger charge is -2.11. The van der Waals surface area contributed by atoms with Crippen LogP contribution in [0.1, 0.15) is 0 Å². The molecule has 4 rings (SSSR count). The number of pyridine rings is 2. The predicted molar refractivity (Wildman–Crippen MR) is 105 cm³/mol. The van der Waals surface area contributed by atoms with Gasteiger partial charge in [0.1, 0.15) is 23.8 Å². The number of nitrogens with one attached hydrogen (secondary N) is 1. The van der Waals surface area contributed by atoms with Crippen LogP contribution in [-0.4, -0.2) is 47.1 Å². The first-order valence-corrected chi connectivity index (χ1v) is 8.51. The third-order valence-electron chi connectivity index (χ3n) is 4.35. The van der Waals surface area contributed by atoms with Gasteiger partial charge >= 0.3 is 0 Å². The van der Waals surface area contributed by atoms with Gasteiger partial charge in [0.15, 0.2) is 0 Å². The van der Waals surface area contributed by atoms with Crippen molar-refractivity contribution in [2.45, 2.75) is 0 Å². The Morgan fingerprint density at radius 1 is 1.00 bits per heavy atom. The first-order valence-electron chi connectivity index (χ1n) is 8.51. The number of H-pyrrole nitrogens is 1. The molecule has 0 saturated carbocycles. The number of fused-ring (bicyclic) bond motifs is 3. The molecule has 6 nitrogen and oxygen atoms in total. The summed E-state index contributed by atoms with van der Waals surface area (Å²) in [4.78, 5) is 14.1. The Morgan fingerprint density at radius 2 is 1.81 bits per heavy atom. The van der Waals surface area contributed by atoms with Crippen LogP contribution in [0.15, 0.2) is 48.8 Å². The summed E-state index contributed by atoms with van der Waals surface area (Å²) in [6.07, 6.45) is 3.61. The molecule has 3 N–H and O–H groups in total. The molecule has 0 amide bonds. The van der Waals surface area contributed by atoms with E-state index in [1.54, 1.807) is 6.20 Å². The number of ether oxygens (including phenoxy) is 1. The van der Waals surface area contributed by atoms with E-state index in [1.807, 2.05) is 38.5 Å². The van der Waals surface area contributed by atoms with E-state index in [4.69, 9.17) is 10.5 Å². The molecule has 0 unspecified atom stereocenters. The van der Waals surface area contributed by atoms with Gasteiger partial charge in [-0.3, -0.25) is 0 Å². The van der Waals surface area contributed by atoms with Crippen LogP contribution in [0.2, 0.25) is 0 Å². The minimum absolute atomic E-state index is 0.503. The van der Waals surface area contributed by atoms with E-state index in [1.165, 1.54) is 0 Å². The van der Waals surface area contributed by atoms with Gasteiger partial charge in [-0.1, -0.05) is 12.1 Å². The Hall–Kier alpha value is -3.12. The minimum Gasteiger partial charge on any atom is -0.492 e. The molecule has 0 atom stereocenters. The van der Waals surface area contributed by atoms with Crippen LogP contribution >= 0.6 is 0 Å². The van der Waals surface area contributed by atoms with Gasteiger partial charge in [-0.05, 0) is 43.9 Å². The summed E-state index contributed by atoms with van der Waals surface area (Å²) in [5.41, 5.74) is 9.75. The summed E-state index contributed by atoms with van der Waals surface area (Å²) in [6.45, 7) is 1.56. The van der Waals surface area contributed by atoms with Crippen molar-refractivity contribution in [3.63, 3.8) is 0 Å². The Bertz CT molecular complexity index is 1050. The second-order valence-electron chi connectivity index (χ2n) is 6.58. The van der Waals surface area contributed by atoms with Crippen molar-refractivity contribution in [1.29, 1.82) is 0 Å². The Labute approximate surface area is 151 Å². The third-order valence-corrected chi connectivity index (χ3v) is 4.35. The van der Waals surface area contributed by atoms with E-state index >= 15 is 0 Å². The monoisotopic (exact) mass is 347 g/mol. The molecule has 0 radical (unpaired) electrons. The van der Waals surface area contributed by atoms with E-state index in [9.17, 15) is 0 Å². The summed E-state index contributed by atoms with van der Waals surface area (Å²) in [6, 6.07) is 12.1. The average molecular weight is 347 g/mol. The van der Waals surface area contributed by atoms with Crippen molar-refractivity contribution >= 4 is 27.8 Å². The number of aromatic nitrogens is 3. The third kappa shape index (κ3) is 3.19. The highest BCUT2D eigenvalue weighted by Crippen LogP contribution is 2.29. The zero-order chi connectivity index (χ0) is 18.1. The summed E-state index contributed by atoms with van der Waals surface area (Å²) in [5.74, 6) is 1.37. The molecule has 0 spiro atoms. The van der Waals surface area contributed by atoms with Crippen LogP contribution < -0.4 is 10.5 Å². The van der Waals surface area contributed by atoms with Crippen LogP contribution in [0.25, 0.3) is 33.1 Å². The molecule has 3 heterocycles. The molecule has 0 aliphatic heterocycles. The van der Waals surface area contributed by atoms with Gasteiger partial charge in [0.2, 0.25) is 0 Å². The quantitative estimate of drug-likeness (QED) is 0.579. The smallest absolute Gasteiger partial charge is 0.138 e. The molecule has 1 aromatic carbocycles. The van der Waals surface area contributed by atoms with E-state index < -0.39 is 0 Å². The Balaban J connectivity index is 1.63. The molecule has 0 saturated heterocycles. The number of likely N-dealkylation sites (N-methyl/N-ethyl adjacent to an activating group) is 1. The lowest BCUT2D eigenvalue weighted by atomic mass is 10.1. The van der Waals surface area contributed by atoms with E-state index in [-0.39, 0.29) is 0 Å². The Kier molecular flexibility index (Phi) is 4.18. The maximum atomic E-state index is 5.84. The van der Waals surface area contributed by atoms with Gasteiger partial charge in [0.05, 0.1) is 11.7 Å². The highest BCUT2D eigenvalue weighted by Gasteiger charge is 2.08. The molecule has 3 aromatic heterocycles. The number of rotatable bonds is 5. The van der Waals surface area contributed by atoms with E-state index in [0.717, 1.165) is 45.4 Å². The van der Waals surface area contributed by atoms with Crippen molar-refractivity contribution in [3.05, 3.63) is 48.8 Å². The fourth-order valence-electron chi connectivity index (χ4n) is 2.94. The van der Waals surface area contributed by atoms with Crippen molar-refractivity contribution < 1.29 is 4.74 Å². The maximum Gasteiger partial charge on any atom is 0.138 e. The topological polar surface area (TPSA) is 80.1 Å². The van der Waals surface area contributed by atoms with Crippen LogP contribution in [0.3, 0.4) is 0 Å². The van der Waals surface area contributed by atoms with Crippen molar-refractivity contribution in [1.82, 2.24) is 19.9 Å². The summed E-state index contributed by atoms with van der Waals surface area (Å²) in [5, 5.41) is 2.07. The minimum atomic E-state index is 0.503. The maximum absolute atomic E-state index is 5.84. The number of hydrogen-bond acceptors (Lipinski definition) is 5. The van der Waals surface area contributed by atoms with Crippen LogP contribution in [0.4, 0.5) is 5.82 Å². The zero-order valence-electron chi connectivity index (χ0n) is 14.9. The number of nitrogen functional groups attached to an aromatic ring is 1. The van der Waals surface area contributed by atoms with Gasteiger partial charge in [-0.2, -0.15) is 0 Å². The van der Waals surface area contributed by atoms with Crippen LogP contribution in [-0.2, 0) is 0 Å². The van der Waals surface area contributed by atoms with Gasteiger partial charge < -0.3 is 20.4 Å². The van der Waals surface area contributed by atoms with Crippen LogP contribution in [0.5, 0.6) is 5.75 Å². The van der Waals surface area contributed by atoms with E-state index in [2.05, 4.69) is 38.1 Å². The number of hydrogen-bond donors (Lipinski definition) is 2. The van der Waals surface area contributed by atoms with Crippen molar-refractivity contribution in [2.75, 3.05) is 33.0 Å². The zero-order valence-corrected chi connectivity index (χ0v) is 14.9. The normalized spacial score (nSPS) is 11.5. The lowest BCUT2D eigenvalue weighted by molar-refractivity contribution is 0.261. The molecule has 4 aromatic rings. The molecule has 132 valence electrons. The lowest BCUT2D eigenvalue weighted by Crippen LogP contribution is -2.19. The van der Waals surface area contributed by atoms with Gasteiger partial charge in [-0.15, -0.1) is 0 Å². The highest BCUT2D eigenvalue weighted by molar-refractivity contribution is 6.07. The summed E-state index contributed by atoms with van der Waals surface area (Å²) < 4.78 is 5.75. The predicted octanol–water partition coefficient (Wildman–Crippen LogP) is 3.30. The molecule has 0 aliphatic rings. The van der Waals surface area contributed by atoms with Gasteiger partial charge in [0.25, 0.3) is 0 Å². The molecule has 0 fully saturated rings. The number of anilines is 1. The van der Waals surface area contributed by atoms with Crippen LogP contribution in [0, 0.1) is 0 Å². The molecular weight excluding hydrogens is 326 g/mol. The SMILES string of the molecule is CN(C)CCOc1ccc(-c2cnc3[nH]c4cnc(N)cc4c3c2)cc1. The van der Waals surface area contributed by atoms with Gasteiger partial charge in [0, 0.05) is 29.1 Å². The summed E-state index contributed by atoms with van der Waals surface area (Å²) >= 11 is 0. The van der Waals surface area contributed by atoms with Gasteiger partial charge in [-0.25, -0.2) is 9.97 Å². The largest absolute Gasteiger partial charge is 0.492 e. The second-order valence-corrected chi connectivity index (χ2v) is 6.58. The number of aromatic amines is 1. The fraction of sp³-hybridized carbons (Fsp3) is 0.200. The van der Waals surface area contributed by atoms with Crippen molar-refractivity contribution in [3.8, 4) is 16.9 Å². The summed E-state index contributed by atoms with van der Waals surface area (Å²) in [7, 11) is 4.06. The second kappa shape index (κ2) is 6.65. The number of nitrogens with two attached hydrogens (primary N) is 1. The Morgan fingerprint density at radius 3 is 2.58 bits per heavy atom. The number of benzene rings is 1. The first kappa shape index (κ1) is 16.4. The molecule has 0 aliphatic carbocycles. The molecular formula is C20H21N5O. The number of nitrogens with zero attached hydrogens (tertiary/aromatic N) is 3. The standard InChI is InChI=1S/C20H21N5O/c1-25(2)7-8-26-15-5-3-13(4-6-15)14-9-17-16-10-19(21)22-12-18(16)24-20(17)23-11-14/h3-6,9-12H,7-8H2,1-2H3,(H2,21,22)(H,23,24). The first-order chi connectivity index (χ1) is 12.6. The molecule has 6 heteroatoms. The van der Waals surface area contributed by atoms with Crippen molar-refractivity contribution in [2.24, 2.45) is 0 Å².